The average Bonchev–Trinajstić information content (AvgIpc) is 2.95. The van der Waals surface area contributed by atoms with Crippen molar-refractivity contribution < 1.29 is 27.2 Å². The van der Waals surface area contributed by atoms with Gasteiger partial charge in [-0.25, -0.2) is 9.07 Å². The maximum Gasteiger partial charge on any atom is 0.416 e. The molecule has 0 aliphatic heterocycles. The molecule has 150 valence electrons. The van der Waals surface area contributed by atoms with Crippen LogP contribution in [0.15, 0.2) is 48.5 Å². The molecule has 0 saturated carbocycles. The quantitative estimate of drug-likeness (QED) is 0.396. The zero-order valence-electron chi connectivity index (χ0n) is 15.3. The maximum atomic E-state index is 13.2. The molecule has 0 aliphatic carbocycles. The number of carbonyl (C=O) groups excluding carboxylic acids is 2. The van der Waals surface area contributed by atoms with Crippen LogP contribution < -0.4 is 5.32 Å². The highest BCUT2D eigenvalue weighted by Crippen LogP contribution is 2.31. The molecular formula is C20H15F4N3O2. The van der Waals surface area contributed by atoms with Crippen LogP contribution in [0.3, 0.4) is 0 Å². The Bertz CT molecular complexity index is 1100. The van der Waals surface area contributed by atoms with Gasteiger partial charge in [0.1, 0.15) is 5.82 Å². The van der Waals surface area contributed by atoms with Gasteiger partial charge in [-0.2, -0.15) is 18.3 Å². The van der Waals surface area contributed by atoms with Crippen molar-refractivity contribution in [2.75, 3.05) is 5.32 Å². The molecule has 9 heteroatoms. The first-order chi connectivity index (χ1) is 13.6. The lowest BCUT2D eigenvalue weighted by Gasteiger charge is -2.10. The van der Waals surface area contributed by atoms with Crippen molar-refractivity contribution in [3.8, 4) is 5.69 Å². The molecule has 0 bridgehead atoms. The molecule has 1 N–H and O–H groups in total. The van der Waals surface area contributed by atoms with E-state index >= 15 is 0 Å². The van der Waals surface area contributed by atoms with Gasteiger partial charge in [0.25, 0.3) is 11.7 Å². The van der Waals surface area contributed by atoms with E-state index in [-0.39, 0.29) is 28.3 Å². The van der Waals surface area contributed by atoms with Crippen molar-refractivity contribution in [2.24, 2.45) is 0 Å². The highest BCUT2D eigenvalue weighted by atomic mass is 19.4. The number of hydrogen-bond donors (Lipinski definition) is 1. The maximum absolute atomic E-state index is 13.2. The van der Waals surface area contributed by atoms with Crippen LogP contribution in [0.25, 0.3) is 5.69 Å². The number of aromatic nitrogens is 2. The van der Waals surface area contributed by atoms with Crippen molar-refractivity contribution in [3.05, 3.63) is 76.9 Å². The Morgan fingerprint density at radius 1 is 1.03 bits per heavy atom. The predicted octanol–water partition coefficient (Wildman–Crippen LogP) is 4.47. The first-order valence-electron chi connectivity index (χ1n) is 8.43. The van der Waals surface area contributed by atoms with Crippen molar-refractivity contribution in [1.29, 1.82) is 0 Å². The molecule has 3 rings (SSSR count). The molecule has 5 nitrogen and oxygen atoms in total. The highest BCUT2D eigenvalue weighted by molar-refractivity contribution is 6.47. The van der Waals surface area contributed by atoms with E-state index in [4.69, 9.17) is 0 Å². The Hall–Kier alpha value is -3.49. The van der Waals surface area contributed by atoms with Gasteiger partial charge in [0.2, 0.25) is 0 Å². The summed E-state index contributed by atoms with van der Waals surface area (Å²) in [7, 11) is 0. The summed E-state index contributed by atoms with van der Waals surface area (Å²) in [6.07, 6.45) is -4.53. The van der Waals surface area contributed by atoms with Gasteiger partial charge in [0, 0.05) is 5.69 Å². The van der Waals surface area contributed by atoms with Crippen LogP contribution in [0, 0.1) is 19.7 Å². The van der Waals surface area contributed by atoms with Gasteiger partial charge in [-0.05, 0) is 50.2 Å². The van der Waals surface area contributed by atoms with E-state index in [1.807, 2.05) is 0 Å². The highest BCUT2D eigenvalue weighted by Gasteiger charge is 2.31. The summed E-state index contributed by atoms with van der Waals surface area (Å²) in [5.74, 6) is -2.52. The summed E-state index contributed by atoms with van der Waals surface area (Å²) >= 11 is 0. The van der Waals surface area contributed by atoms with Crippen LogP contribution in [0.2, 0.25) is 0 Å². The first kappa shape index (κ1) is 20.2. The zero-order valence-corrected chi connectivity index (χ0v) is 15.3. The van der Waals surface area contributed by atoms with Gasteiger partial charge in [-0.3, -0.25) is 9.59 Å². The Kier molecular flexibility index (Phi) is 5.23. The Labute approximate surface area is 163 Å². The van der Waals surface area contributed by atoms with Gasteiger partial charge < -0.3 is 5.32 Å². The number of rotatable bonds is 4. The molecule has 0 aliphatic rings. The third-order valence-corrected chi connectivity index (χ3v) is 4.23. The second kappa shape index (κ2) is 7.50. The fourth-order valence-corrected chi connectivity index (χ4v) is 2.90. The van der Waals surface area contributed by atoms with E-state index in [1.54, 1.807) is 0 Å². The third kappa shape index (κ3) is 4.18. The van der Waals surface area contributed by atoms with Gasteiger partial charge in [-0.1, -0.05) is 12.1 Å². The van der Waals surface area contributed by atoms with E-state index < -0.39 is 29.2 Å². The number of ketones is 1. The normalized spacial score (nSPS) is 11.4. The number of alkyl halides is 3. The van der Waals surface area contributed by atoms with Crippen LogP contribution in [-0.4, -0.2) is 21.5 Å². The predicted molar refractivity (Wildman–Crippen MR) is 97.4 cm³/mol. The third-order valence-electron chi connectivity index (χ3n) is 4.23. The smallest absolute Gasteiger partial charge is 0.319 e. The van der Waals surface area contributed by atoms with E-state index in [9.17, 15) is 27.2 Å². The Morgan fingerprint density at radius 2 is 1.72 bits per heavy atom. The van der Waals surface area contributed by atoms with Crippen molar-refractivity contribution in [2.45, 2.75) is 20.0 Å². The van der Waals surface area contributed by atoms with E-state index in [1.165, 1.54) is 48.9 Å². The molecule has 0 spiro atoms. The molecule has 0 saturated heterocycles. The largest absolute Gasteiger partial charge is 0.416 e. The SMILES string of the molecule is Cc1nn(-c2cccc(C(F)(F)F)c2)c(C)c1C(=O)C(=O)Nc1cccc(F)c1. The zero-order chi connectivity index (χ0) is 21.3. The molecule has 0 radical (unpaired) electrons. The molecule has 2 aromatic carbocycles. The molecule has 1 amide bonds. The first-order valence-corrected chi connectivity index (χ1v) is 8.43. The summed E-state index contributed by atoms with van der Waals surface area (Å²) in [6.45, 7) is 2.95. The van der Waals surface area contributed by atoms with Crippen molar-refractivity contribution in [1.82, 2.24) is 9.78 Å². The van der Waals surface area contributed by atoms with Gasteiger partial charge >= 0.3 is 6.18 Å². The van der Waals surface area contributed by atoms with Crippen LogP contribution in [0.5, 0.6) is 0 Å². The molecular weight excluding hydrogens is 390 g/mol. The van der Waals surface area contributed by atoms with Crippen LogP contribution >= 0.6 is 0 Å². The second-order valence-electron chi connectivity index (χ2n) is 6.30. The summed E-state index contributed by atoms with van der Waals surface area (Å²) < 4.78 is 53.3. The minimum atomic E-state index is -4.53. The van der Waals surface area contributed by atoms with Crippen LogP contribution in [0.1, 0.15) is 27.3 Å². The topological polar surface area (TPSA) is 64.0 Å². The van der Waals surface area contributed by atoms with E-state index in [0.717, 1.165) is 18.2 Å². The summed E-state index contributed by atoms with van der Waals surface area (Å²) in [4.78, 5) is 24.9. The number of nitrogens with zero attached hydrogens (tertiary/aromatic N) is 2. The summed E-state index contributed by atoms with van der Waals surface area (Å²) in [6, 6.07) is 9.50. The minimum Gasteiger partial charge on any atom is -0.319 e. The number of hydrogen-bond acceptors (Lipinski definition) is 3. The lowest BCUT2D eigenvalue weighted by atomic mass is 10.1. The molecule has 29 heavy (non-hydrogen) atoms. The second-order valence-corrected chi connectivity index (χ2v) is 6.30. The molecule has 1 heterocycles. The molecule has 3 aromatic rings. The lowest BCUT2D eigenvalue weighted by molar-refractivity contribution is -0.137. The minimum absolute atomic E-state index is 0.0312. The fraction of sp³-hybridized carbons (Fsp3) is 0.150. The molecule has 0 atom stereocenters. The van der Waals surface area contributed by atoms with Crippen LogP contribution in [0.4, 0.5) is 23.2 Å². The van der Waals surface area contributed by atoms with E-state index in [0.29, 0.717) is 0 Å². The van der Waals surface area contributed by atoms with Gasteiger partial charge in [0.05, 0.1) is 28.2 Å². The molecule has 0 fully saturated rings. The van der Waals surface area contributed by atoms with Gasteiger partial charge in [-0.15, -0.1) is 0 Å². The van der Waals surface area contributed by atoms with Crippen molar-refractivity contribution in [3.63, 3.8) is 0 Å². The Balaban J connectivity index is 1.93. The summed E-state index contributed by atoms with van der Waals surface area (Å²) in [5, 5.41) is 6.42. The lowest BCUT2D eigenvalue weighted by Crippen LogP contribution is -2.24. The Morgan fingerprint density at radius 3 is 2.38 bits per heavy atom. The number of benzene rings is 2. The van der Waals surface area contributed by atoms with Crippen LogP contribution in [-0.2, 0) is 11.0 Å². The monoisotopic (exact) mass is 405 g/mol. The van der Waals surface area contributed by atoms with Crippen molar-refractivity contribution >= 4 is 17.4 Å². The number of nitrogens with one attached hydrogen (secondary N) is 1. The number of Topliss-reactive ketones (excluding diaryl/α,β-unsaturated/α-hetero) is 1. The number of anilines is 1. The van der Waals surface area contributed by atoms with Gasteiger partial charge in [0.15, 0.2) is 0 Å². The number of aryl methyl sites for hydroxylation is 1. The average molecular weight is 405 g/mol. The molecule has 1 aromatic heterocycles. The number of carbonyl (C=O) groups is 2. The number of halogens is 4. The summed E-state index contributed by atoms with van der Waals surface area (Å²) in [5.41, 5.74) is -0.301. The fourth-order valence-electron chi connectivity index (χ4n) is 2.90. The standard InChI is InChI=1S/C20H15F4N3O2/c1-11-17(18(28)19(29)25-15-7-4-6-14(21)10-15)12(2)27(26-11)16-8-3-5-13(9-16)20(22,23)24/h3-10H,1-2H3,(H,25,29). The molecule has 0 unspecified atom stereocenters. The van der Waals surface area contributed by atoms with E-state index in [2.05, 4.69) is 10.4 Å². The number of amides is 1.